The van der Waals surface area contributed by atoms with Crippen molar-refractivity contribution < 1.29 is 13.2 Å². The number of aryl methyl sites for hydroxylation is 4. The molecule has 0 aliphatic carbocycles. The van der Waals surface area contributed by atoms with Crippen LogP contribution in [0, 0.1) is 20.8 Å². The van der Waals surface area contributed by atoms with Gasteiger partial charge in [0.05, 0.1) is 4.90 Å². The van der Waals surface area contributed by atoms with E-state index in [9.17, 15) is 13.2 Å². The SMILES string of the molecule is CCCCc1ccc(NC(=O)[C@H](Cc2ccccc2)NS(=O)(=O)c2c(C)cc(C)cc2C)cc1. The lowest BCUT2D eigenvalue weighted by atomic mass is 10.1. The van der Waals surface area contributed by atoms with Gasteiger partial charge in [0.2, 0.25) is 15.9 Å². The molecule has 0 saturated heterocycles. The molecular formula is C28H34N2O3S. The van der Waals surface area contributed by atoms with Crippen molar-refractivity contribution >= 4 is 21.6 Å². The van der Waals surface area contributed by atoms with Crippen molar-refractivity contribution in [1.29, 1.82) is 0 Å². The van der Waals surface area contributed by atoms with Crippen molar-refractivity contribution in [2.75, 3.05) is 5.32 Å². The van der Waals surface area contributed by atoms with Crippen molar-refractivity contribution in [3.05, 3.63) is 94.5 Å². The van der Waals surface area contributed by atoms with Gasteiger partial charge in [0.25, 0.3) is 0 Å². The van der Waals surface area contributed by atoms with Crippen LogP contribution < -0.4 is 10.0 Å². The Bertz CT molecular complexity index is 1200. The van der Waals surface area contributed by atoms with Crippen LogP contribution in [0.25, 0.3) is 0 Å². The zero-order chi connectivity index (χ0) is 24.7. The zero-order valence-corrected chi connectivity index (χ0v) is 21.2. The molecule has 3 rings (SSSR count). The average Bonchev–Trinajstić information content (AvgIpc) is 2.77. The largest absolute Gasteiger partial charge is 0.325 e. The number of hydrogen-bond donors (Lipinski definition) is 2. The Morgan fingerprint density at radius 2 is 1.50 bits per heavy atom. The zero-order valence-electron chi connectivity index (χ0n) is 20.4. The van der Waals surface area contributed by atoms with Crippen LogP contribution in [0.3, 0.4) is 0 Å². The molecule has 0 aliphatic rings. The van der Waals surface area contributed by atoms with E-state index in [1.54, 1.807) is 13.8 Å². The van der Waals surface area contributed by atoms with Crippen molar-refractivity contribution in [3.8, 4) is 0 Å². The Kier molecular flexibility index (Phi) is 8.64. The quantitative estimate of drug-likeness (QED) is 0.405. The second-order valence-corrected chi connectivity index (χ2v) is 10.5. The molecule has 0 bridgehead atoms. The minimum Gasteiger partial charge on any atom is -0.325 e. The van der Waals surface area contributed by atoms with E-state index >= 15 is 0 Å². The molecule has 1 amide bonds. The maximum atomic E-state index is 13.4. The van der Waals surface area contributed by atoms with Gasteiger partial charge >= 0.3 is 0 Å². The van der Waals surface area contributed by atoms with Gasteiger partial charge in [-0.1, -0.05) is 73.5 Å². The smallest absolute Gasteiger partial charge is 0.242 e. The van der Waals surface area contributed by atoms with Gasteiger partial charge in [0, 0.05) is 5.69 Å². The van der Waals surface area contributed by atoms with Crippen LogP contribution in [0.4, 0.5) is 5.69 Å². The van der Waals surface area contributed by atoms with Gasteiger partial charge < -0.3 is 5.32 Å². The highest BCUT2D eigenvalue weighted by Crippen LogP contribution is 2.22. The van der Waals surface area contributed by atoms with E-state index in [-0.39, 0.29) is 11.3 Å². The van der Waals surface area contributed by atoms with E-state index in [1.807, 2.05) is 73.7 Å². The highest BCUT2D eigenvalue weighted by molar-refractivity contribution is 7.89. The fourth-order valence-electron chi connectivity index (χ4n) is 4.24. The number of benzene rings is 3. The summed E-state index contributed by atoms with van der Waals surface area (Å²) in [6, 6.07) is 19.9. The Balaban J connectivity index is 1.86. The van der Waals surface area contributed by atoms with Crippen LogP contribution in [0.1, 0.15) is 47.6 Å². The first-order chi connectivity index (χ1) is 16.2. The minimum atomic E-state index is -3.92. The first-order valence-corrected chi connectivity index (χ1v) is 13.2. The maximum Gasteiger partial charge on any atom is 0.242 e. The number of sulfonamides is 1. The van der Waals surface area contributed by atoms with E-state index in [0.717, 1.165) is 30.4 Å². The molecule has 34 heavy (non-hydrogen) atoms. The molecule has 6 heteroatoms. The van der Waals surface area contributed by atoms with Crippen LogP contribution in [0.2, 0.25) is 0 Å². The molecule has 0 fully saturated rings. The summed E-state index contributed by atoms with van der Waals surface area (Å²) in [6.45, 7) is 7.65. The third-order valence-electron chi connectivity index (χ3n) is 5.81. The number of carbonyl (C=O) groups is 1. The Morgan fingerprint density at radius 1 is 0.882 bits per heavy atom. The summed E-state index contributed by atoms with van der Waals surface area (Å²) in [4.78, 5) is 13.5. The Hall–Kier alpha value is -2.96. The van der Waals surface area contributed by atoms with Crippen molar-refractivity contribution in [1.82, 2.24) is 4.72 Å². The van der Waals surface area contributed by atoms with Crippen LogP contribution in [-0.2, 0) is 27.7 Å². The number of amides is 1. The number of rotatable bonds is 10. The molecule has 0 spiro atoms. The summed E-state index contributed by atoms with van der Waals surface area (Å²) < 4.78 is 29.5. The van der Waals surface area contributed by atoms with Crippen molar-refractivity contribution in [2.45, 2.75) is 64.3 Å². The van der Waals surface area contributed by atoms with Gasteiger partial charge in [-0.2, -0.15) is 4.72 Å². The monoisotopic (exact) mass is 478 g/mol. The predicted molar refractivity (Wildman–Crippen MR) is 139 cm³/mol. The summed E-state index contributed by atoms with van der Waals surface area (Å²) in [6.07, 6.45) is 3.48. The highest BCUT2D eigenvalue weighted by Gasteiger charge is 2.28. The highest BCUT2D eigenvalue weighted by atomic mass is 32.2. The standard InChI is InChI=1S/C28H34N2O3S/c1-5-6-10-23-13-15-25(16-14-23)29-28(31)26(19-24-11-8-7-9-12-24)30-34(32,33)27-21(3)17-20(2)18-22(27)4/h7-9,11-18,26,30H,5-6,10,19H2,1-4H3,(H,29,31)/t26-/m0/s1. The van der Waals surface area contributed by atoms with Gasteiger partial charge in [-0.3, -0.25) is 4.79 Å². The van der Waals surface area contributed by atoms with Crippen molar-refractivity contribution in [3.63, 3.8) is 0 Å². The number of carbonyl (C=O) groups excluding carboxylic acids is 1. The molecule has 0 saturated carbocycles. The van der Waals surface area contributed by atoms with E-state index in [2.05, 4.69) is 17.0 Å². The van der Waals surface area contributed by atoms with E-state index in [1.165, 1.54) is 5.56 Å². The van der Waals surface area contributed by atoms with Gasteiger partial charge in [-0.15, -0.1) is 0 Å². The second kappa shape index (κ2) is 11.4. The van der Waals surface area contributed by atoms with E-state index in [0.29, 0.717) is 16.8 Å². The van der Waals surface area contributed by atoms with Gasteiger partial charge in [0.1, 0.15) is 6.04 Å². The maximum absolute atomic E-state index is 13.4. The topological polar surface area (TPSA) is 75.3 Å². The third-order valence-corrected chi connectivity index (χ3v) is 7.59. The molecule has 0 radical (unpaired) electrons. The molecule has 180 valence electrons. The lowest BCUT2D eigenvalue weighted by Crippen LogP contribution is -2.45. The molecule has 0 aliphatic heterocycles. The number of hydrogen-bond acceptors (Lipinski definition) is 3. The fourth-order valence-corrected chi connectivity index (χ4v) is 5.89. The first-order valence-electron chi connectivity index (χ1n) is 11.7. The van der Waals surface area contributed by atoms with E-state index in [4.69, 9.17) is 0 Å². The predicted octanol–water partition coefficient (Wildman–Crippen LogP) is 5.48. The Labute approximate surface area is 203 Å². The van der Waals surface area contributed by atoms with Crippen LogP contribution >= 0.6 is 0 Å². The molecule has 0 heterocycles. The molecule has 3 aromatic rings. The van der Waals surface area contributed by atoms with E-state index < -0.39 is 22.0 Å². The molecule has 2 N–H and O–H groups in total. The molecule has 3 aromatic carbocycles. The van der Waals surface area contributed by atoms with Crippen molar-refractivity contribution in [2.24, 2.45) is 0 Å². The normalized spacial score (nSPS) is 12.4. The summed E-state index contributed by atoms with van der Waals surface area (Å²) in [7, 11) is -3.92. The van der Waals surface area contributed by atoms with Crippen LogP contribution in [-0.4, -0.2) is 20.4 Å². The second-order valence-electron chi connectivity index (χ2n) is 8.88. The molecular weight excluding hydrogens is 444 g/mol. The summed E-state index contributed by atoms with van der Waals surface area (Å²) in [5.74, 6) is -0.392. The van der Waals surface area contributed by atoms with Gasteiger partial charge in [-0.05, 0) is 74.4 Å². The minimum absolute atomic E-state index is 0.226. The lowest BCUT2D eigenvalue weighted by Gasteiger charge is -2.21. The summed E-state index contributed by atoms with van der Waals surface area (Å²) in [5, 5.41) is 2.89. The third kappa shape index (κ3) is 6.78. The average molecular weight is 479 g/mol. The molecule has 5 nitrogen and oxygen atoms in total. The van der Waals surface area contributed by atoms with Crippen LogP contribution in [0.5, 0.6) is 0 Å². The number of anilines is 1. The fraction of sp³-hybridized carbons (Fsp3) is 0.321. The Morgan fingerprint density at radius 3 is 2.09 bits per heavy atom. The molecule has 0 unspecified atom stereocenters. The summed E-state index contributed by atoms with van der Waals surface area (Å²) >= 11 is 0. The lowest BCUT2D eigenvalue weighted by molar-refractivity contribution is -0.117. The van der Waals surface area contributed by atoms with Gasteiger partial charge in [-0.25, -0.2) is 8.42 Å². The summed E-state index contributed by atoms with van der Waals surface area (Å²) in [5.41, 5.74) is 5.04. The first kappa shape index (κ1) is 25.7. The van der Waals surface area contributed by atoms with Gasteiger partial charge in [0.15, 0.2) is 0 Å². The number of unbranched alkanes of at least 4 members (excludes halogenated alkanes) is 1. The molecule has 0 aromatic heterocycles. The molecule has 1 atom stereocenters. The number of nitrogens with one attached hydrogen (secondary N) is 2. The van der Waals surface area contributed by atoms with Crippen LogP contribution in [0.15, 0.2) is 71.6 Å².